The summed E-state index contributed by atoms with van der Waals surface area (Å²) in [5.74, 6) is 0.315. The number of ether oxygens (including phenoxy) is 3. The fourth-order valence-corrected chi connectivity index (χ4v) is 6.62. The second-order valence-corrected chi connectivity index (χ2v) is 13.7. The molecule has 2 aromatic rings. The molecule has 1 amide bonds. The van der Waals surface area contributed by atoms with Gasteiger partial charge < -0.3 is 19.1 Å². The molecular weight excluding hydrogens is 666 g/mol. The number of carbonyl (C=O) groups is 2. The molecule has 1 unspecified atom stereocenters. The predicted molar refractivity (Wildman–Crippen MR) is 167 cm³/mol. The van der Waals surface area contributed by atoms with Crippen LogP contribution in [-0.2, 0) is 20.7 Å². The first-order valence-corrected chi connectivity index (χ1v) is 16.3. The lowest BCUT2D eigenvalue weighted by Crippen LogP contribution is -2.55. The molecule has 0 bridgehead atoms. The Morgan fingerprint density at radius 1 is 0.896 bits per heavy atom. The minimum absolute atomic E-state index is 0.0613. The maximum Gasteiger partial charge on any atom is 0.434 e. The van der Waals surface area contributed by atoms with Crippen LogP contribution in [0.2, 0.25) is 5.02 Å². The van der Waals surface area contributed by atoms with Gasteiger partial charge in [0, 0.05) is 41.7 Å². The Morgan fingerprint density at radius 2 is 1.52 bits per heavy atom. The van der Waals surface area contributed by atoms with E-state index in [-0.39, 0.29) is 38.1 Å². The van der Waals surface area contributed by atoms with E-state index in [2.05, 4.69) is 9.64 Å². The van der Waals surface area contributed by atoms with E-state index >= 15 is 0 Å². The molecule has 0 aromatic heterocycles. The summed E-state index contributed by atoms with van der Waals surface area (Å²) in [6.07, 6.45) is -14.0. The first-order chi connectivity index (χ1) is 22.4. The molecule has 0 radical (unpaired) electrons. The summed E-state index contributed by atoms with van der Waals surface area (Å²) in [5.41, 5.74) is 0.838. The van der Waals surface area contributed by atoms with Crippen molar-refractivity contribution in [3.63, 3.8) is 0 Å². The van der Waals surface area contributed by atoms with Crippen molar-refractivity contribution < 1.29 is 50.1 Å². The van der Waals surface area contributed by atoms with Gasteiger partial charge >= 0.3 is 24.4 Å². The van der Waals surface area contributed by atoms with E-state index in [9.17, 15) is 35.9 Å². The van der Waals surface area contributed by atoms with Gasteiger partial charge in [0.05, 0.1) is 6.61 Å². The second-order valence-electron chi connectivity index (χ2n) is 13.3. The van der Waals surface area contributed by atoms with Crippen LogP contribution in [0.25, 0.3) is 0 Å². The zero-order valence-electron chi connectivity index (χ0n) is 27.1. The third kappa shape index (κ3) is 9.93. The van der Waals surface area contributed by atoms with E-state index in [1.165, 1.54) is 0 Å². The van der Waals surface area contributed by atoms with Gasteiger partial charge in [-0.05, 0) is 89.6 Å². The molecule has 0 aliphatic carbocycles. The van der Waals surface area contributed by atoms with Gasteiger partial charge in [0.2, 0.25) is 0 Å². The molecule has 1 spiro atoms. The maximum absolute atomic E-state index is 13.1. The summed E-state index contributed by atoms with van der Waals surface area (Å²) < 4.78 is 93.9. The van der Waals surface area contributed by atoms with Gasteiger partial charge in [-0.15, -0.1) is 0 Å². The van der Waals surface area contributed by atoms with E-state index in [0.29, 0.717) is 43.0 Å². The highest BCUT2D eigenvalue weighted by molar-refractivity contribution is 6.30. The Kier molecular flexibility index (Phi) is 11.9. The number of alkyl halides is 6. The standard InChI is InChI=1S/C34H41ClF6N2O5/c1-31(2,3)48-28(44)10-6-21-46-27-9-5-4-8-25(27)26(22-23-11-13-24(35)14-12-23)43-18-7-15-32(43)16-19-42(20-17-32)30(45)47-29(33(36,37)38)34(39,40)41/h4-5,8-9,11-14,26,29H,6-7,10,15-22H2,1-3H3. The first-order valence-electron chi connectivity index (χ1n) is 15.9. The topological polar surface area (TPSA) is 68.3 Å². The second kappa shape index (κ2) is 15.1. The number of amides is 1. The molecule has 2 fully saturated rings. The lowest BCUT2D eigenvalue weighted by Gasteiger charge is -2.48. The van der Waals surface area contributed by atoms with Gasteiger partial charge in [0.1, 0.15) is 11.4 Å². The summed E-state index contributed by atoms with van der Waals surface area (Å²) in [6, 6.07) is 14.8. The van der Waals surface area contributed by atoms with E-state index in [4.69, 9.17) is 21.1 Å². The number of para-hydroxylation sites is 1. The zero-order chi connectivity index (χ0) is 35.3. The van der Waals surface area contributed by atoms with Crippen LogP contribution in [-0.4, -0.2) is 77.7 Å². The quantitative estimate of drug-likeness (QED) is 0.140. The lowest BCUT2D eigenvalue weighted by molar-refractivity contribution is -0.308. The number of halogens is 7. The van der Waals surface area contributed by atoms with Gasteiger partial charge in [-0.25, -0.2) is 4.79 Å². The average Bonchev–Trinajstić information content (AvgIpc) is 3.38. The molecule has 7 nitrogen and oxygen atoms in total. The van der Waals surface area contributed by atoms with E-state index < -0.39 is 35.7 Å². The van der Waals surface area contributed by atoms with Crippen molar-refractivity contribution >= 4 is 23.7 Å². The smallest absolute Gasteiger partial charge is 0.434 e. The third-order valence-corrected chi connectivity index (χ3v) is 8.87. The van der Waals surface area contributed by atoms with Crippen molar-refractivity contribution in [2.45, 2.75) is 101 Å². The first kappa shape index (κ1) is 37.6. The number of benzene rings is 2. The van der Waals surface area contributed by atoms with Gasteiger partial charge in [0.25, 0.3) is 6.10 Å². The van der Waals surface area contributed by atoms with Crippen molar-refractivity contribution in [1.29, 1.82) is 0 Å². The van der Waals surface area contributed by atoms with Crippen molar-refractivity contribution in [2.75, 3.05) is 26.2 Å². The van der Waals surface area contributed by atoms with Gasteiger partial charge in [-0.3, -0.25) is 9.69 Å². The van der Waals surface area contributed by atoms with Crippen LogP contribution >= 0.6 is 11.6 Å². The molecule has 2 aliphatic heterocycles. The number of rotatable bonds is 10. The molecule has 266 valence electrons. The molecule has 1 atom stereocenters. The van der Waals surface area contributed by atoms with Crippen LogP contribution < -0.4 is 4.74 Å². The van der Waals surface area contributed by atoms with Crippen molar-refractivity contribution in [2.24, 2.45) is 0 Å². The SMILES string of the molecule is CC(C)(C)OC(=O)CCCOc1ccccc1C(Cc1ccc(Cl)cc1)N1CCCC12CCN(C(=O)OC(C(F)(F)F)C(F)(F)F)CC2. The Morgan fingerprint density at radius 3 is 2.12 bits per heavy atom. The van der Waals surface area contributed by atoms with Crippen molar-refractivity contribution in [3.8, 4) is 5.75 Å². The molecule has 2 heterocycles. The molecule has 2 saturated heterocycles. The van der Waals surface area contributed by atoms with Crippen molar-refractivity contribution in [3.05, 3.63) is 64.7 Å². The molecule has 0 saturated carbocycles. The Labute approximate surface area is 281 Å². The van der Waals surface area contributed by atoms with Crippen LogP contribution in [0.3, 0.4) is 0 Å². The molecule has 2 aromatic carbocycles. The van der Waals surface area contributed by atoms with E-state index in [1.807, 2.05) is 36.4 Å². The van der Waals surface area contributed by atoms with Crippen LogP contribution in [0, 0.1) is 0 Å². The molecule has 4 rings (SSSR count). The maximum atomic E-state index is 13.1. The Hall–Kier alpha value is -3.19. The summed E-state index contributed by atoms with van der Waals surface area (Å²) in [6.45, 7) is 6.23. The zero-order valence-corrected chi connectivity index (χ0v) is 27.9. The molecule has 48 heavy (non-hydrogen) atoms. The molecule has 2 aliphatic rings. The number of esters is 1. The van der Waals surface area contributed by atoms with Crippen LogP contribution in [0.15, 0.2) is 48.5 Å². The highest BCUT2D eigenvalue weighted by Gasteiger charge is 2.60. The highest BCUT2D eigenvalue weighted by atomic mass is 35.5. The fraction of sp³-hybridized carbons (Fsp3) is 0.588. The summed E-state index contributed by atoms with van der Waals surface area (Å²) in [4.78, 5) is 28.0. The van der Waals surface area contributed by atoms with E-state index in [0.717, 1.165) is 28.9 Å². The van der Waals surface area contributed by atoms with Crippen LogP contribution in [0.5, 0.6) is 5.75 Å². The number of piperidine rings is 1. The Bertz CT molecular complexity index is 1370. The summed E-state index contributed by atoms with van der Waals surface area (Å²) in [7, 11) is 0. The van der Waals surface area contributed by atoms with Crippen molar-refractivity contribution in [1.82, 2.24) is 9.80 Å². The van der Waals surface area contributed by atoms with Gasteiger partial charge in [-0.2, -0.15) is 26.3 Å². The van der Waals surface area contributed by atoms with Crippen LogP contribution in [0.4, 0.5) is 31.1 Å². The molecule has 0 N–H and O–H groups in total. The minimum Gasteiger partial charge on any atom is -0.493 e. The number of hydrogen-bond donors (Lipinski definition) is 0. The number of nitrogens with zero attached hydrogens (tertiary/aromatic N) is 2. The monoisotopic (exact) mass is 706 g/mol. The molecular formula is C34H41ClF6N2O5. The van der Waals surface area contributed by atoms with Crippen LogP contribution in [0.1, 0.15) is 76.5 Å². The van der Waals surface area contributed by atoms with Gasteiger partial charge in [-0.1, -0.05) is 41.9 Å². The highest BCUT2D eigenvalue weighted by Crippen LogP contribution is 2.46. The summed E-state index contributed by atoms with van der Waals surface area (Å²) in [5, 5.41) is 0.583. The number of carbonyl (C=O) groups excluding carboxylic acids is 2. The average molecular weight is 707 g/mol. The lowest BCUT2D eigenvalue weighted by atomic mass is 9.82. The van der Waals surface area contributed by atoms with Gasteiger partial charge in [0.15, 0.2) is 0 Å². The normalized spacial score (nSPS) is 17.9. The number of likely N-dealkylation sites (tertiary alicyclic amines) is 2. The third-order valence-electron chi connectivity index (χ3n) is 8.62. The predicted octanol–water partition coefficient (Wildman–Crippen LogP) is 8.68. The summed E-state index contributed by atoms with van der Waals surface area (Å²) >= 11 is 6.15. The molecule has 14 heteroatoms. The van der Waals surface area contributed by atoms with E-state index in [1.54, 1.807) is 32.9 Å². The minimum atomic E-state index is -5.78. The Balaban J connectivity index is 1.53. The largest absolute Gasteiger partial charge is 0.493 e. The fourth-order valence-electron chi connectivity index (χ4n) is 6.49. The number of hydrogen-bond acceptors (Lipinski definition) is 6.